The molecule has 21 heavy (non-hydrogen) atoms. The van der Waals surface area contributed by atoms with Crippen LogP contribution in [0.15, 0.2) is 47.1 Å². The summed E-state index contributed by atoms with van der Waals surface area (Å²) in [6, 6.07) is 13.6. The molecule has 0 saturated heterocycles. The molecule has 0 bridgehead atoms. The molecule has 0 fully saturated rings. The lowest BCUT2D eigenvalue weighted by molar-refractivity contribution is 0.422. The van der Waals surface area contributed by atoms with Gasteiger partial charge in [0.2, 0.25) is 0 Å². The Balaban J connectivity index is 1.81. The van der Waals surface area contributed by atoms with Crippen LogP contribution in [0, 0.1) is 18.3 Å². The molecule has 0 aliphatic rings. The summed E-state index contributed by atoms with van der Waals surface area (Å²) in [6.07, 6.45) is 2.10. The van der Waals surface area contributed by atoms with Gasteiger partial charge in [0.05, 0.1) is 5.56 Å². The minimum Gasteiger partial charge on any atom is -0.332 e. The standard InChI is InChI=1S/C16H12N4O/c1-11-3-2-4-12(7-11)8-15-19-16(21-20-15)14-6-5-13(9-17)10-18-14/h2-7,10H,8H2,1H3. The molecule has 0 aliphatic heterocycles. The second-order valence-corrected chi connectivity index (χ2v) is 4.73. The third-order valence-electron chi connectivity index (χ3n) is 3.02. The van der Waals surface area contributed by atoms with Crippen molar-refractivity contribution < 1.29 is 4.52 Å². The summed E-state index contributed by atoms with van der Waals surface area (Å²) in [7, 11) is 0. The van der Waals surface area contributed by atoms with Crippen LogP contribution in [0.4, 0.5) is 0 Å². The minimum atomic E-state index is 0.363. The summed E-state index contributed by atoms with van der Waals surface area (Å²) in [5.74, 6) is 0.976. The lowest BCUT2D eigenvalue weighted by Gasteiger charge is -1.97. The molecule has 1 aromatic carbocycles. The Bertz CT molecular complexity index is 800. The molecule has 2 heterocycles. The van der Waals surface area contributed by atoms with E-state index in [1.165, 1.54) is 11.8 Å². The Morgan fingerprint density at radius 3 is 2.86 bits per heavy atom. The van der Waals surface area contributed by atoms with Crippen molar-refractivity contribution in [1.29, 1.82) is 5.26 Å². The monoisotopic (exact) mass is 276 g/mol. The van der Waals surface area contributed by atoms with Crippen molar-refractivity contribution in [3.05, 3.63) is 65.1 Å². The van der Waals surface area contributed by atoms with E-state index in [4.69, 9.17) is 9.78 Å². The fraction of sp³-hybridized carbons (Fsp3) is 0.125. The molecule has 0 aliphatic carbocycles. The second kappa shape index (κ2) is 5.55. The van der Waals surface area contributed by atoms with Gasteiger partial charge in [-0.3, -0.25) is 0 Å². The number of benzene rings is 1. The molecule has 3 aromatic rings. The summed E-state index contributed by atoms with van der Waals surface area (Å²) >= 11 is 0. The molecule has 0 saturated carbocycles. The third-order valence-corrected chi connectivity index (χ3v) is 3.02. The molecule has 5 nitrogen and oxygen atoms in total. The van der Waals surface area contributed by atoms with Gasteiger partial charge in [0.1, 0.15) is 11.8 Å². The van der Waals surface area contributed by atoms with Crippen LogP contribution in [0.1, 0.15) is 22.5 Å². The second-order valence-electron chi connectivity index (χ2n) is 4.73. The van der Waals surface area contributed by atoms with Crippen molar-refractivity contribution in [2.45, 2.75) is 13.3 Å². The largest absolute Gasteiger partial charge is 0.332 e. The number of nitriles is 1. The Morgan fingerprint density at radius 2 is 2.14 bits per heavy atom. The van der Waals surface area contributed by atoms with E-state index in [-0.39, 0.29) is 0 Å². The number of pyridine rings is 1. The van der Waals surface area contributed by atoms with Crippen LogP contribution in [0.25, 0.3) is 11.6 Å². The topological polar surface area (TPSA) is 75.6 Å². The Hall–Kier alpha value is -3.00. The molecule has 3 rings (SSSR count). The molecular weight excluding hydrogens is 264 g/mol. The number of nitrogens with zero attached hydrogens (tertiary/aromatic N) is 4. The highest BCUT2D eigenvalue weighted by Gasteiger charge is 2.10. The van der Waals surface area contributed by atoms with Crippen LogP contribution >= 0.6 is 0 Å². The summed E-state index contributed by atoms with van der Waals surface area (Å²) in [6.45, 7) is 2.05. The van der Waals surface area contributed by atoms with Gasteiger partial charge in [-0.25, -0.2) is 4.98 Å². The van der Waals surface area contributed by atoms with Crippen LogP contribution < -0.4 is 0 Å². The van der Waals surface area contributed by atoms with Gasteiger partial charge < -0.3 is 4.52 Å². The molecule has 0 radical (unpaired) electrons. The van der Waals surface area contributed by atoms with Gasteiger partial charge in [-0.2, -0.15) is 10.2 Å². The molecule has 0 amide bonds. The van der Waals surface area contributed by atoms with Gasteiger partial charge in [0, 0.05) is 12.6 Å². The lowest BCUT2D eigenvalue weighted by Crippen LogP contribution is -1.91. The Labute approximate surface area is 121 Å². The number of rotatable bonds is 3. The van der Waals surface area contributed by atoms with Crippen molar-refractivity contribution in [2.24, 2.45) is 0 Å². The normalized spacial score (nSPS) is 10.3. The van der Waals surface area contributed by atoms with Gasteiger partial charge in [-0.15, -0.1) is 0 Å². The fourth-order valence-corrected chi connectivity index (χ4v) is 2.02. The first kappa shape index (κ1) is 13.0. The first-order valence-corrected chi connectivity index (χ1v) is 6.49. The highest BCUT2D eigenvalue weighted by Crippen LogP contribution is 2.16. The van der Waals surface area contributed by atoms with Crippen LogP contribution in [-0.2, 0) is 6.42 Å². The van der Waals surface area contributed by atoms with E-state index < -0.39 is 0 Å². The van der Waals surface area contributed by atoms with Crippen LogP contribution in [0.3, 0.4) is 0 Å². The van der Waals surface area contributed by atoms with Crippen molar-refractivity contribution in [3.63, 3.8) is 0 Å². The summed E-state index contributed by atoms with van der Waals surface area (Å²) < 4.78 is 5.22. The maximum Gasteiger partial charge on any atom is 0.276 e. The molecule has 0 unspecified atom stereocenters. The van der Waals surface area contributed by atoms with E-state index >= 15 is 0 Å². The fourth-order valence-electron chi connectivity index (χ4n) is 2.02. The van der Waals surface area contributed by atoms with Crippen molar-refractivity contribution in [2.75, 3.05) is 0 Å². The zero-order valence-electron chi connectivity index (χ0n) is 11.4. The number of aryl methyl sites for hydroxylation is 1. The first-order valence-electron chi connectivity index (χ1n) is 6.49. The zero-order valence-corrected chi connectivity index (χ0v) is 11.4. The van der Waals surface area contributed by atoms with Crippen molar-refractivity contribution in [1.82, 2.24) is 15.1 Å². The number of aromatic nitrogens is 3. The predicted octanol–water partition coefficient (Wildman–Crippen LogP) is 2.90. The maximum atomic E-state index is 8.75. The smallest absolute Gasteiger partial charge is 0.276 e. The molecule has 5 heteroatoms. The third kappa shape index (κ3) is 2.95. The predicted molar refractivity (Wildman–Crippen MR) is 76.2 cm³/mol. The van der Waals surface area contributed by atoms with Gasteiger partial charge in [-0.1, -0.05) is 35.0 Å². The average Bonchev–Trinajstić information content (AvgIpc) is 2.96. The van der Waals surface area contributed by atoms with E-state index in [0.29, 0.717) is 29.4 Å². The molecule has 102 valence electrons. The van der Waals surface area contributed by atoms with Gasteiger partial charge in [-0.05, 0) is 24.6 Å². The van der Waals surface area contributed by atoms with Gasteiger partial charge in [0.15, 0.2) is 5.82 Å². The first-order chi connectivity index (χ1) is 10.2. The van der Waals surface area contributed by atoms with Crippen LogP contribution in [-0.4, -0.2) is 15.1 Å². The quantitative estimate of drug-likeness (QED) is 0.735. The summed E-state index contributed by atoms with van der Waals surface area (Å²) in [5, 5.41) is 12.7. The minimum absolute atomic E-state index is 0.363. The molecule has 2 aromatic heterocycles. The highest BCUT2D eigenvalue weighted by atomic mass is 16.5. The van der Waals surface area contributed by atoms with E-state index in [1.54, 1.807) is 12.1 Å². The molecule has 0 atom stereocenters. The van der Waals surface area contributed by atoms with E-state index in [1.807, 2.05) is 31.2 Å². The van der Waals surface area contributed by atoms with Crippen LogP contribution in [0.2, 0.25) is 0 Å². The van der Waals surface area contributed by atoms with Crippen molar-refractivity contribution in [3.8, 4) is 17.7 Å². The summed E-state index contributed by atoms with van der Waals surface area (Å²) in [4.78, 5) is 8.47. The maximum absolute atomic E-state index is 8.75. The van der Waals surface area contributed by atoms with Crippen molar-refractivity contribution >= 4 is 0 Å². The lowest BCUT2D eigenvalue weighted by atomic mass is 10.1. The SMILES string of the molecule is Cc1cccc(Cc2noc(-c3ccc(C#N)cn3)n2)c1. The molecule has 0 spiro atoms. The average molecular weight is 276 g/mol. The van der Waals surface area contributed by atoms with Gasteiger partial charge in [0.25, 0.3) is 5.89 Å². The number of hydrogen-bond acceptors (Lipinski definition) is 5. The van der Waals surface area contributed by atoms with Crippen LogP contribution in [0.5, 0.6) is 0 Å². The molecule has 0 N–H and O–H groups in total. The van der Waals surface area contributed by atoms with Gasteiger partial charge >= 0.3 is 0 Å². The van der Waals surface area contributed by atoms with E-state index in [2.05, 4.69) is 21.2 Å². The molecular formula is C16H12N4O. The summed E-state index contributed by atoms with van der Waals surface area (Å²) in [5.41, 5.74) is 3.40. The Morgan fingerprint density at radius 1 is 1.24 bits per heavy atom. The van der Waals surface area contributed by atoms with E-state index in [9.17, 15) is 0 Å². The zero-order chi connectivity index (χ0) is 14.7. The number of hydrogen-bond donors (Lipinski definition) is 0. The Kier molecular flexibility index (Phi) is 3.44. The van der Waals surface area contributed by atoms with E-state index in [0.717, 1.165) is 5.56 Å². The highest BCUT2D eigenvalue weighted by molar-refractivity contribution is 5.47.